The van der Waals surface area contributed by atoms with Gasteiger partial charge in [-0.1, -0.05) is 11.2 Å². The number of methoxy groups -OCH3 is 1. The molecule has 140 valence electrons. The largest absolute Gasteiger partial charge is 0.496 e. The molecule has 0 aliphatic rings. The standard InChI is InChI=1S/C18H17N3O6/c1-12(22)13-6-7-17(26-2)14(8-13)11-27-19-10-18(23)20-15-4-3-5-16(9-15)21(24)25/h3-10H,11H2,1-2H3,(H,20,23)/b19-10-. The first-order chi connectivity index (χ1) is 12.9. The van der Waals surface area contributed by atoms with Crippen LogP contribution in [0.5, 0.6) is 5.75 Å². The van der Waals surface area contributed by atoms with Gasteiger partial charge in [0.1, 0.15) is 18.6 Å². The van der Waals surface area contributed by atoms with Crippen molar-refractivity contribution in [2.24, 2.45) is 5.16 Å². The molecule has 9 heteroatoms. The van der Waals surface area contributed by atoms with Crippen molar-refractivity contribution in [3.8, 4) is 5.75 Å². The second-order valence-corrected chi connectivity index (χ2v) is 5.39. The highest BCUT2D eigenvalue weighted by atomic mass is 16.6. The Morgan fingerprint density at radius 1 is 1.26 bits per heavy atom. The van der Waals surface area contributed by atoms with Gasteiger partial charge >= 0.3 is 0 Å². The highest BCUT2D eigenvalue weighted by Gasteiger charge is 2.09. The molecule has 1 amide bonds. The average Bonchev–Trinajstić information content (AvgIpc) is 2.65. The van der Waals surface area contributed by atoms with Crippen LogP contribution in [-0.2, 0) is 16.2 Å². The number of ketones is 1. The summed E-state index contributed by atoms with van der Waals surface area (Å²) < 4.78 is 5.19. The van der Waals surface area contributed by atoms with Crippen molar-refractivity contribution in [3.63, 3.8) is 0 Å². The number of nitrogens with zero attached hydrogens (tertiary/aromatic N) is 2. The van der Waals surface area contributed by atoms with Crippen LogP contribution < -0.4 is 10.1 Å². The van der Waals surface area contributed by atoms with Crippen molar-refractivity contribution in [1.29, 1.82) is 0 Å². The Kier molecular flexibility index (Phi) is 6.59. The normalized spacial score (nSPS) is 10.4. The Labute approximate surface area is 154 Å². The van der Waals surface area contributed by atoms with Crippen LogP contribution in [0, 0.1) is 10.1 Å². The molecule has 0 aromatic heterocycles. The number of amides is 1. The molecule has 0 bridgehead atoms. The highest BCUT2D eigenvalue weighted by Crippen LogP contribution is 2.21. The molecule has 9 nitrogen and oxygen atoms in total. The Bertz CT molecular complexity index is 894. The monoisotopic (exact) mass is 371 g/mol. The minimum atomic E-state index is -0.611. The predicted octanol–water partition coefficient (Wildman–Crippen LogP) is 2.95. The van der Waals surface area contributed by atoms with Crippen LogP contribution in [0.3, 0.4) is 0 Å². The van der Waals surface area contributed by atoms with Gasteiger partial charge in [-0.3, -0.25) is 19.7 Å². The third-order valence-electron chi connectivity index (χ3n) is 3.48. The molecule has 0 radical (unpaired) electrons. The molecule has 2 rings (SSSR count). The Morgan fingerprint density at radius 3 is 2.70 bits per heavy atom. The molecule has 2 aromatic carbocycles. The lowest BCUT2D eigenvalue weighted by molar-refractivity contribution is -0.384. The van der Waals surface area contributed by atoms with Gasteiger partial charge in [-0.05, 0) is 31.2 Å². The second kappa shape index (κ2) is 9.09. The maximum atomic E-state index is 11.8. The Balaban J connectivity index is 1.95. The number of hydrogen-bond donors (Lipinski definition) is 1. The lowest BCUT2D eigenvalue weighted by atomic mass is 10.1. The summed E-state index contributed by atoms with van der Waals surface area (Å²) in [5.41, 5.74) is 1.22. The van der Waals surface area contributed by atoms with Crippen molar-refractivity contribution < 1.29 is 24.1 Å². The van der Waals surface area contributed by atoms with Crippen LogP contribution in [-0.4, -0.2) is 29.9 Å². The number of benzene rings is 2. The number of nitrogens with one attached hydrogen (secondary N) is 1. The van der Waals surface area contributed by atoms with E-state index in [1.54, 1.807) is 18.2 Å². The fraction of sp³-hybridized carbons (Fsp3) is 0.167. The molecule has 0 fully saturated rings. The van der Waals surface area contributed by atoms with Gasteiger partial charge in [0.05, 0.1) is 12.0 Å². The molecule has 0 spiro atoms. The first-order valence-electron chi connectivity index (χ1n) is 7.79. The van der Waals surface area contributed by atoms with E-state index in [1.165, 1.54) is 38.3 Å². The number of ether oxygens (including phenoxy) is 1. The van der Waals surface area contributed by atoms with E-state index in [1.807, 2.05) is 0 Å². The van der Waals surface area contributed by atoms with E-state index < -0.39 is 10.8 Å². The number of nitro groups is 1. The number of hydrogen-bond acceptors (Lipinski definition) is 7. The van der Waals surface area contributed by atoms with E-state index in [-0.39, 0.29) is 23.8 Å². The fourth-order valence-electron chi connectivity index (χ4n) is 2.17. The van der Waals surface area contributed by atoms with E-state index in [0.29, 0.717) is 16.9 Å². The van der Waals surface area contributed by atoms with E-state index in [9.17, 15) is 19.7 Å². The zero-order valence-electron chi connectivity index (χ0n) is 14.7. The Morgan fingerprint density at radius 2 is 2.04 bits per heavy atom. The summed E-state index contributed by atoms with van der Waals surface area (Å²) in [6, 6.07) is 10.4. The molecule has 0 aliphatic carbocycles. The molecule has 0 saturated heterocycles. The number of nitro benzene ring substituents is 1. The number of non-ortho nitro benzene ring substituents is 1. The number of oxime groups is 1. The first kappa shape index (κ1) is 19.6. The molecule has 0 heterocycles. The lowest BCUT2D eigenvalue weighted by Crippen LogP contribution is -2.13. The van der Waals surface area contributed by atoms with Crippen LogP contribution in [0.15, 0.2) is 47.6 Å². The van der Waals surface area contributed by atoms with E-state index >= 15 is 0 Å². The van der Waals surface area contributed by atoms with Crippen molar-refractivity contribution in [2.75, 3.05) is 12.4 Å². The van der Waals surface area contributed by atoms with Crippen molar-refractivity contribution in [2.45, 2.75) is 13.5 Å². The quantitative estimate of drug-likeness (QED) is 0.330. The molecule has 27 heavy (non-hydrogen) atoms. The average molecular weight is 371 g/mol. The van der Waals surface area contributed by atoms with Crippen LogP contribution in [0.1, 0.15) is 22.8 Å². The van der Waals surface area contributed by atoms with Gasteiger partial charge in [-0.15, -0.1) is 0 Å². The van der Waals surface area contributed by atoms with Crippen LogP contribution in [0.4, 0.5) is 11.4 Å². The van der Waals surface area contributed by atoms with Crippen molar-refractivity contribution in [3.05, 3.63) is 63.7 Å². The number of Topliss-reactive ketones (excluding diaryl/α,β-unsaturated/α-hetero) is 1. The number of anilines is 1. The smallest absolute Gasteiger partial charge is 0.271 e. The van der Waals surface area contributed by atoms with Gasteiger partial charge in [-0.2, -0.15) is 0 Å². The third-order valence-corrected chi connectivity index (χ3v) is 3.48. The molecular weight excluding hydrogens is 354 g/mol. The third kappa shape index (κ3) is 5.63. The Hall–Kier alpha value is -3.75. The summed E-state index contributed by atoms with van der Waals surface area (Å²) in [4.78, 5) is 38.5. The van der Waals surface area contributed by atoms with Crippen molar-refractivity contribution in [1.82, 2.24) is 0 Å². The zero-order chi connectivity index (χ0) is 19.8. The summed E-state index contributed by atoms with van der Waals surface area (Å²) in [5.74, 6) is -0.185. The maximum Gasteiger partial charge on any atom is 0.271 e. The van der Waals surface area contributed by atoms with Gasteiger partial charge in [0.15, 0.2) is 5.78 Å². The number of carbonyl (C=O) groups is 2. The lowest BCUT2D eigenvalue weighted by Gasteiger charge is -2.08. The molecular formula is C18H17N3O6. The van der Waals surface area contributed by atoms with Gasteiger partial charge < -0.3 is 14.9 Å². The minimum Gasteiger partial charge on any atom is -0.496 e. The second-order valence-electron chi connectivity index (χ2n) is 5.39. The topological polar surface area (TPSA) is 120 Å². The van der Waals surface area contributed by atoms with Crippen LogP contribution in [0.2, 0.25) is 0 Å². The van der Waals surface area contributed by atoms with Gasteiger partial charge in [0.25, 0.3) is 11.6 Å². The van der Waals surface area contributed by atoms with E-state index in [2.05, 4.69) is 10.5 Å². The van der Waals surface area contributed by atoms with Crippen molar-refractivity contribution >= 4 is 29.3 Å². The van der Waals surface area contributed by atoms with E-state index in [0.717, 1.165) is 6.21 Å². The summed E-state index contributed by atoms with van der Waals surface area (Å²) in [6.45, 7) is 1.44. The van der Waals surface area contributed by atoms with Gasteiger partial charge in [-0.25, -0.2) is 0 Å². The van der Waals surface area contributed by atoms with Crippen LogP contribution in [0.25, 0.3) is 0 Å². The first-order valence-corrected chi connectivity index (χ1v) is 7.79. The minimum absolute atomic E-state index is 0.00905. The summed E-state index contributed by atoms with van der Waals surface area (Å²) in [6.07, 6.45) is 0.903. The predicted molar refractivity (Wildman–Crippen MR) is 98.0 cm³/mol. The van der Waals surface area contributed by atoms with Gasteiger partial charge in [0, 0.05) is 28.9 Å². The zero-order valence-corrected chi connectivity index (χ0v) is 14.7. The maximum absolute atomic E-state index is 11.8. The molecule has 0 atom stereocenters. The summed E-state index contributed by atoms with van der Waals surface area (Å²) >= 11 is 0. The summed E-state index contributed by atoms with van der Waals surface area (Å²) in [5, 5.41) is 16.7. The molecule has 1 N–H and O–H groups in total. The van der Waals surface area contributed by atoms with Crippen LogP contribution >= 0.6 is 0 Å². The molecule has 0 unspecified atom stereocenters. The highest BCUT2D eigenvalue weighted by molar-refractivity contribution is 6.31. The molecule has 2 aromatic rings. The van der Waals surface area contributed by atoms with E-state index in [4.69, 9.17) is 9.57 Å². The molecule has 0 saturated carbocycles. The fourth-order valence-corrected chi connectivity index (χ4v) is 2.17. The SMILES string of the molecule is COc1ccc(C(C)=O)cc1CO/N=C\C(=O)Nc1cccc([N+](=O)[O-])c1. The number of rotatable bonds is 8. The molecule has 0 aliphatic heterocycles. The number of carbonyl (C=O) groups excluding carboxylic acids is 2. The summed E-state index contributed by atoms with van der Waals surface area (Å²) in [7, 11) is 1.49. The van der Waals surface area contributed by atoms with Gasteiger partial charge in [0.2, 0.25) is 0 Å².